The number of rotatable bonds is 7. The molecule has 0 radical (unpaired) electrons. The molecule has 0 bridgehead atoms. The first-order chi connectivity index (χ1) is 13.7. The predicted octanol–water partition coefficient (Wildman–Crippen LogP) is 2.69. The van der Waals surface area contributed by atoms with Crippen molar-refractivity contribution in [2.45, 2.75) is 32.5 Å². The van der Waals surface area contributed by atoms with Gasteiger partial charge in [0, 0.05) is 44.0 Å². The summed E-state index contributed by atoms with van der Waals surface area (Å²) in [4.78, 5) is 27.9. The molecule has 0 aliphatic carbocycles. The van der Waals surface area contributed by atoms with Crippen LogP contribution in [0.4, 0.5) is 23.7 Å². The van der Waals surface area contributed by atoms with Crippen molar-refractivity contribution in [3.05, 3.63) is 24.3 Å². The Bertz CT molecular complexity index is 692. The Hall–Kier alpha value is -2.49. The number of nitrogens with one attached hydrogen (secondary N) is 2. The van der Waals surface area contributed by atoms with Gasteiger partial charge in [-0.15, -0.1) is 0 Å². The highest BCUT2D eigenvalue weighted by molar-refractivity contribution is 5.89. The molecule has 7 nitrogen and oxygen atoms in total. The number of nitrogens with zero attached hydrogens (tertiary/aromatic N) is 2. The fourth-order valence-electron chi connectivity index (χ4n) is 2.77. The molecule has 1 fully saturated rings. The van der Waals surface area contributed by atoms with Gasteiger partial charge in [-0.05, 0) is 25.5 Å². The molecule has 3 amide bonds. The van der Waals surface area contributed by atoms with Gasteiger partial charge in [0.25, 0.3) is 0 Å². The first-order valence-corrected chi connectivity index (χ1v) is 9.53. The minimum Gasteiger partial charge on any atom is -0.484 e. The summed E-state index contributed by atoms with van der Waals surface area (Å²) in [7, 11) is 0. The number of alkyl halides is 3. The van der Waals surface area contributed by atoms with Crippen LogP contribution in [0.3, 0.4) is 0 Å². The minimum atomic E-state index is -4.43. The molecule has 1 unspecified atom stereocenters. The Balaban J connectivity index is 1.79. The van der Waals surface area contributed by atoms with Crippen molar-refractivity contribution < 1.29 is 27.5 Å². The van der Waals surface area contributed by atoms with Crippen LogP contribution in [-0.4, -0.2) is 73.3 Å². The van der Waals surface area contributed by atoms with Gasteiger partial charge in [-0.3, -0.25) is 9.69 Å². The molecule has 0 aromatic heterocycles. The van der Waals surface area contributed by atoms with Gasteiger partial charge >= 0.3 is 12.2 Å². The SMILES string of the molecule is CCC(C)NC(=O)CN1CCN(C(=O)Nc2cccc(OCC(F)(F)F)c2)CC1. The van der Waals surface area contributed by atoms with E-state index in [1.54, 1.807) is 11.0 Å². The van der Waals surface area contributed by atoms with Gasteiger partial charge in [-0.1, -0.05) is 13.0 Å². The van der Waals surface area contributed by atoms with E-state index in [1.165, 1.54) is 18.2 Å². The fraction of sp³-hybridized carbons (Fsp3) is 0.579. The zero-order valence-corrected chi connectivity index (χ0v) is 16.6. The lowest BCUT2D eigenvalue weighted by atomic mass is 10.2. The molecule has 2 rings (SSSR count). The summed E-state index contributed by atoms with van der Waals surface area (Å²) in [5.41, 5.74) is 0.352. The molecule has 0 saturated carbocycles. The summed E-state index contributed by atoms with van der Waals surface area (Å²) in [6, 6.07) is 5.61. The normalized spacial score (nSPS) is 16.2. The summed E-state index contributed by atoms with van der Waals surface area (Å²) in [5, 5.41) is 5.58. The topological polar surface area (TPSA) is 73.9 Å². The van der Waals surface area contributed by atoms with E-state index < -0.39 is 12.8 Å². The number of halogens is 3. The lowest BCUT2D eigenvalue weighted by Gasteiger charge is -2.34. The highest BCUT2D eigenvalue weighted by Gasteiger charge is 2.28. The van der Waals surface area contributed by atoms with Crippen molar-refractivity contribution in [1.82, 2.24) is 15.1 Å². The fourth-order valence-corrected chi connectivity index (χ4v) is 2.77. The van der Waals surface area contributed by atoms with E-state index in [1.807, 2.05) is 18.7 Å². The predicted molar refractivity (Wildman–Crippen MR) is 103 cm³/mol. The maximum absolute atomic E-state index is 12.4. The lowest BCUT2D eigenvalue weighted by molar-refractivity contribution is -0.153. The Kier molecular flexibility index (Phi) is 8.12. The molecule has 29 heavy (non-hydrogen) atoms. The van der Waals surface area contributed by atoms with Gasteiger partial charge in [-0.25, -0.2) is 4.79 Å². The highest BCUT2D eigenvalue weighted by Crippen LogP contribution is 2.21. The zero-order chi connectivity index (χ0) is 21.4. The Morgan fingerprint density at radius 3 is 2.52 bits per heavy atom. The van der Waals surface area contributed by atoms with Gasteiger partial charge in [0.05, 0.1) is 6.54 Å². The van der Waals surface area contributed by atoms with Crippen LogP contribution in [-0.2, 0) is 4.79 Å². The highest BCUT2D eigenvalue weighted by atomic mass is 19.4. The molecule has 1 aromatic carbocycles. The Labute approximate surface area is 168 Å². The molecule has 0 spiro atoms. The molecule has 162 valence electrons. The molecular formula is C19H27F3N4O3. The maximum atomic E-state index is 12.4. The van der Waals surface area contributed by atoms with Crippen LogP contribution >= 0.6 is 0 Å². The first kappa shape index (κ1) is 22.8. The summed E-state index contributed by atoms with van der Waals surface area (Å²) in [5.74, 6) is -0.00909. The molecule has 2 N–H and O–H groups in total. The van der Waals surface area contributed by atoms with Crippen LogP contribution < -0.4 is 15.4 Å². The minimum absolute atomic E-state index is 0.0252. The third-order valence-corrected chi connectivity index (χ3v) is 4.53. The van der Waals surface area contributed by atoms with E-state index in [4.69, 9.17) is 4.74 Å². The molecule has 1 aliphatic heterocycles. The molecular weight excluding hydrogens is 389 g/mol. The van der Waals surface area contributed by atoms with E-state index in [0.717, 1.165) is 6.42 Å². The Morgan fingerprint density at radius 1 is 1.21 bits per heavy atom. The second-order valence-corrected chi connectivity index (χ2v) is 7.00. The van der Waals surface area contributed by atoms with Gasteiger partial charge < -0.3 is 20.3 Å². The van der Waals surface area contributed by atoms with Crippen LogP contribution in [0, 0.1) is 0 Å². The van der Waals surface area contributed by atoms with Gasteiger partial charge in [0.15, 0.2) is 6.61 Å². The van der Waals surface area contributed by atoms with Gasteiger partial charge in [0.2, 0.25) is 5.91 Å². The second-order valence-electron chi connectivity index (χ2n) is 7.00. The summed E-state index contributed by atoms with van der Waals surface area (Å²) in [6.45, 7) is 4.88. The Morgan fingerprint density at radius 2 is 1.90 bits per heavy atom. The number of anilines is 1. The number of ether oxygens (including phenoxy) is 1. The molecule has 1 aliphatic rings. The smallest absolute Gasteiger partial charge is 0.422 e. The van der Waals surface area contributed by atoms with Crippen molar-refractivity contribution in [3.63, 3.8) is 0 Å². The molecule has 1 heterocycles. The number of amides is 3. The van der Waals surface area contributed by atoms with Crippen molar-refractivity contribution in [3.8, 4) is 5.75 Å². The largest absolute Gasteiger partial charge is 0.484 e. The van der Waals surface area contributed by atoms with Crippen molar-refractivity contribution in [2.24, 2.45) is 0 Å². The van der Waals surface area contributed by atoms with Crippen molar-refractivity contribution in [1.29, 1.82) is 0 Å². The van der Waals surface area contributed by atoms with Crippen molar-refractivity contribution >= 4 is 17.6 Å². The van der Waals surface area contributed by atoms with E-state index in [2.05, 4.69) is 10.6 Å². The molecule has 1 saturated heterocycles. The van der Waals surface area contributed by atoms with Crippen LogP contribution in [0.5, 0.6) is 5.75 Å². The van der Waals surface area contributed by atoms with E-state index >= 15 is 0 Å². The standard InChI is InChI=1S/C19H27F3N4O3/c1-3-14(2)23-17(27)12-25-7-9-26(10-8-25)18(28)24-15-5-4-6-16(11-15)29-13-19(20,21)22/h4-6,11,14H,3,7-10,12-13H2,1-2H3,(H,23,27)(H,24,28). The third kappa shape index (κ3) is 8.18. The number of urea groups is 1. The van der Waals surface area contributed by atoms with Crippen LogP contribution in [0.15, 0.2) is 24.3 Å². The van der Waals surface area contributed by atoms with Crippen molar-refractivity contribution in [2.75, 3.05) is 44.6 Å². The summed E-state index contributed by atoms with van der Waals surface area (Å²) >= 11 is 0. The van der Waals surface area contributed by atoms with Crippen LogP contribution in [0.1, 0.15) is 20.3 Å². The van der Waals surface area contributed by atoms with Crippen LogP contribution in [0.25, 0.3) is 0 Å². The quantitative estimate of drug-likeness (QED) is 0.717. The monoisotopic (exact) mass is 416 g/mol. The molecule has 1 atom stereocenters. The number of benzene rings is 1. The first-order valence-electron chi connectivity index (χ1n) is 9.53. The zero-order valence-electron chi connectivity index (χ0n) is 16.6. The average molecular weight is 416 g/mol. The van der Waals surface area contributed by atoms with E-state index in [9.17, 15) is 22.8 Å². The summed E-state index contributed by atoms with van der Waals surface area (Å²) < 4.78 is 41.5. The summed E-state index contributed by atoms with van der Waals surface area (Å²) in [6.07, 6.45) is -3.56. The number of carbonyl (C=O) groups is 2. The third-order valence-electron chi connectivity index (χ3n) is 4.53. The van der Waals surface area contributed by atoms with Crippen LogP contribution in [0.2, 0.25) is 0 Å². The molecule has 10 heteroatoms. The number of carbonyl (C=O) groups excluding carboxylic acids is 2. The maximum Gasteiger partial charge on any atom is 0.422 e. The molecule has 1 aromatic rings. The number of hydrogen-bond donors (Lipinski definition) is 2. The van der Waals surface area contributed by atoms with E-state index in [-0.39, 0.29) is 23.7 Å². The van der Waals surface area contributed by atoms with E-state index in [0.29, 0.717) is 38.4 Å². The average Bonchev–Trinajstić information content (AvgIpc) is 2.66. The number of piperazine rings is 1. The van der Waals surface area contributed by atoms with Gasteiger partial charge in [-0.2, -0.15) is 13.2 Å². The number of hydrogen-bond acceptors (Lipinski definition) is 4. The lowest BCUT2D eigenvalue weighted by Crippen LogP contribution is -2.52. The van der Waals surface area contributed by atoms with Gasteiger partial charge in [0.1, 0.15) is 5.75 Å². The second kappa shape index (κ2) is 10.3.